The fourth-order valence-corrected chi connectivity index (χ4v) is 1.30. The van der Waals surface area contributed by atoms with Crippen molar-refractivity contribution in [3.05, 3.63) is 47.0 Å². The summed E-state index contributed by atoms with van der Waals surface area (Å²) in [5.74, 6) is -0.762. The highest BCUT2D eigenvalue weighted by atomic mass is 35.5. The first-order valence-corrected chi connectivity index (χ1v) is 4.60. The van der Waals surface area contributed by atoms with Gasteiger partial charge in [-0.3, -0.25) is 0 Å². The standard InChI is InChI=1S/C11H10ClFO2/c1-7(11(14)15-2)10(13)8-4-3-5-9(12)6-8/h3-6,10H,1H2,2H3. The predicted octanol–water partition coefficient (Wildman–Crippen LogP) is 3.08. The van der Waals surface area contributed by atoms with Crippen LogP contribution in [-0.2, 0) is 9.53 Å². The molecular formula is C11H10ClFO2. The molecule has 1 unspecified atom stereocenters. The van der Waals surface area contributed by atoms with E-state index in [1.165, 1.54) is 19.2 Å². The average molecular weight is 229 g/mol. The fraction of sp³-hybridized carbons (Fsp3) is 0.182. The van der Waals surface area contributed by atoms with Crippen molar-refractivity contribution in [2.24, 2.45) is 0 Å². The molecule has 15 heavy (non-hydrogen) atoms. The fourth-order valence-electron chi connectivity index (χ4n) is 1.10. The van der Waals surface area contributed by atoms with Gasteiger partial charge in [0.05, 0.1) is 12.7 Å². The molecule has 0 fully saturated rings. The molecule has 1 atom stereocenters. The number of hydrogen-bond donors (Lipinski definition) is 0. The Hall–Kier alpha value is -1.35. The molecule has 0 saturated carbocycles. The van der Waals surface area contributed by atoms with Gasteiger partial charge in [-0.2, -0.15) is 0 Å². The van der Waals surface area contributed by atoms with Crippen LogP contribution in [0.5, 0.6) is 0 Å². The van der Waals surface area contributed by atoms with Crippen LogP contribution in [0.4, 0.5) is 4.39 Å². The second-order valence-corrected chi connectivity index (χ2v) is 3.37. The van der Waals surface area contributed by atoms with Gasteiger partial charge in [-0.05, 0) is 17.7 Å². The minimum atomic E-state index is -1.59. The molecule has 1 rings (SSSR count). The summed E-state index contributed by atoms with van der Waals surface area (Å²) in [5.41, 5.74) is 0.0534. The highest BCUT2D eigenvalue weighted by Crippen LogP contribution is 2.27. The monoisotopic (exact) mass is 228 g/mol. The van der Waals surface area contributed by atoms with E-state index >= 15 is 0 Å². The summed E-state index contributed by atoms with van der Waals surface area (Å²) >= 11 is 5.69. The van der Waals surface area contributed by atoms with Crippen LogP contribution in [0.15, 0.2) is 36.4 Å². The molecule has 4 heteroatoms. The summed E-state index contributed by atoms with van der Waals surface area (Å²) in [6, 6.07) is 6.21. The van der Waals surface area contributed by atoms with Crippen LogP contribution >= 0.6 is 11.6 Å². The van der Waals surface area contributed by atoms with Crippen molar-refractivity contribution in [1.29, 1.82) is 0 Å². The number of halogens is 2. The van der Waals surface area contributed by atoms with E-state index in [4.69, 9.17) is 11.6 Å². The third-order valence-electron chi connectivity index (χ3n) is 1.89. The van der Waals surface area contributed by atoms with Gasteiger partial charge < -0.3 is 4.74 Å². The number of rotatable bonds is 3. The molecule has 1 aromatic carbocycles. The maximum Gasteiger partial charge on any atom is 0.336 e. The Labute approximate surface area is 92.3 Å². The van der Waals surface area contributed by atoms with E-state index in [0.717, 1.165) is 0 Å². The summed E-state index contributed by atoms with van der Waals surface area (Å²) in [6.07, 6.45) is -1.59. The molecule has 0 radical (unpaired) electrons. The first-order chi connectivity index (χ1) is 7.06. The average Bonchev–Trinajstić information content (AvgIpc) is 2.26. The van der Waals surface area contributed by atoms with Gasteiger partial charge in [0.2, 0.25) is 0 Å². The summed E-state index contributed by atoms with van der Waals surface area (Å²) in [6.45, 7) is 3.34. The van der Waals surface area contributed by atoms with Crippen LogP contribution in [0.3, 0.4) is 0 Å². The van der Waals surface area contributed by atoms with E-state index in [0.29, 0.717) is 5.02 Å². The van der Waals surface area contributed by atoms with Crippen LogP contribution in [-0.4, -0.2) is 13.1 Å². The molecule has 80 valence electrons. The smallest absolute Gasteiger partial charge is 0.336 e. The summed E-state index contributed by atoms with van der Waals surface area (Å²) in [4.78, 5) is 11.0. The molecule has 0 aliphatic carbocycles. The van der Waals surface area contributed by atoms with Gasteiger partial charge in [0, 0.05) is 5.02 Å². The lowest BCUT2D eigenvalue weighted by atomic mass is 10.0. The minimum Gasteiger partial charge on any atom is -0.466 e. The summed E-state index contributed by atoms with van der Waals surface area (Å²) in [7, 11) is 1.18. The lowest BCUT2D eigenvalue weighted by Crippen LogP contribution is -2.09. The van der Waals surface area contributed by atoms with Crippen molar-refractivity contribution in [3.8, 4) is 0 Å². The first-order valence-electron chi connectivity index (χ1n) is 4.23. The third-order valence-corrected chi connectivity index (χ3v) is 2.13. The van der Waals surface area contributed by atoms with Crippen molar-refractivity contribution >= 4 is 17.6 Å². The second kappa shape index (κ2) is 4.94. The molecule has 0 spiro atoms. The van der Waals surface area contributed by atoms with Gasteiger partial charge in [0.15, 0.2) is 6.17 Å². The molecule has 0 aromatic heterocycles. The van der Waals surface area contributed by atoms with Crippen molar-refractivity contribution in [2.45, 2.75) is 6.17 Å². The van der Waals surface area contributed by atoms with E-state index in [2.05, 4.69) is 11.3 Å². The summed E-state index contributed by atoms with van der Waals surface area (Å²) < 4.78 is 18.1. The molecular weight excluding hydrogens is 219 g/mol. The molecule has 0 amide bonds. The zero-order chi connectivity index (χ0) is 11.4. The molecule has 0 N–H and O–H groups in total. The highest BCUT2D eigenvalue weighted by Gasteiger charge is 2.20. The van der Waals surface area contributed by atoms with Crippen molar-refractivity contribution < 1.29 is 13.9 Å². The SMILES string of the molecule is C=C(C(=O)OC)C(F)c1cccc(Cl)c1. The topological polar surface area (TPSA) is 26.3 Å². The number of hydrogen-bond acceptors (Lipinski definition) is 2. The quantitative estimate of drug-likeness (QED) is 0.587. The lowest BCUT2D eigenvalue weighted by Gasteiger charge is -2.09. The van der Waals surface area contributed by atoms with Gasteiger partial charge in [0.1, 0.15) is 0 Å². The van der Waals surface area contributed by atoms with Crippen LogP contribution in [0.25, 0.3) is 0 Å². The minimum absolute atomic E-state index is 0.236. The molecule has 0 aliphatic heterocycles. The van der Waals surface area contributed by atoms with Crippen molar-refractivity contribution in [3.63, 3.8) is 0 Å². The zero-order valence-corrected chi connectivity index (χ0v) is 8.92. The molecule has 0 aliphatic rings. The van der Waals surface area contributed by atoms with Crippen LogP contribution in [0.1, 0.15) is 11.7 Å². The second-order valence-electron chi connectivity index (χ2n) is 2.93. The maximum atomic E-state index is 13.7. The Morgan fingerprint density at radius 1 is 1.60 bits per heavy atom. The Balaban J connectivity index is 2.89. The Kier molecular flexibility index (Phi) is 3.86. The van der Waals surface area contributed by atoms with E-state index in [-0.39, 0.29) is 11.1 Å². The number of carbonyl (C=O) groups excluding carboxylic acids is 1. The Morgan fingerprint density at radius 3 is 2.80 bits per heavy atom. The van der Waals surface area contributed by atoms with Gasteiger partial charge in [-0.25, -0.2) is 9.18 Å². The number of alkyl halides is 1. The normalized spacial score (nSPS) is 11.9. The van der Waals surface area contributed by atoms with Gasteiger partial charge >= 0.3 is 5.97 Å². The molecule has 0 heterocycles. The highest BCUT2D eigenvalue weighted by molar-refractivity contribution is 6.30. The van der Waals surface area contributed by atoms with E-state index in [9.17, 15) is 9.18 Å². The number of methoxy groups -OCH3 is 1. The Morgan fingerprint density at radius 2 is 2.27 bits per heavy atom. The van der Waals surface area contributed by atoms with E-state index in [1.54, 1.807) is 12.1 Å². The van der Waals surface area contributed by atoms with Crippen LogP contribution < -0.4 is 0 Å². The number of carbonyl (C=O) groups is 1. The molecule has 0 saturated heterocycles. The maximum absolute atomic E-state index is 13.7. The molecule has 1 aromatic rings. The van der Waals surface area contributed by atoms with E-state index in [1.807, 2.05) is 0 Å². The van der Waals surface area contributed by atoms with Crippen molar-refractivity contribution in [1.82, 2.24) is 0 Å². The van der Waals surface area contributed by atoms with Crippen molar-refractivity contribution in [2.75, 3.05) is 7.11 Å². The summed E-state index contributed by atoms with van der Waals surface area (Å²) in [5, 5.41) is 0.410. The number of esters is 1. The number of benzene rings is 1. The van der Waals surface area contributed by atoms with Crippen LogP contribution in [0, 0.1) is 0 Å². The van der Waals surface area contributed by atoms with Crippen LogP contribution in [0.2, 0.25) is 5.02 Å². The third kappa shape index (κ3) is 2.80. The lowest BCUT2D eigenvalue weighted by molar-refractivity contribution is -0.136. The molecule has 2 nitrogen and oxygen atoms in total. The van der Waals surface area contributed by atoms with Gasteiger partial charge in [-0.15, -0.1) is 0 Å². The largest absolute Gasteiger partial charge is 0.466 e. The zero-order valence-electron chi connectivity index (χ0n) is 8.17. The van der Waals surface area contributed by atoms with E-state index < -0.39 is 12.1 Å². The van der Waals surface area contributed by atoms with Gasteiger partial charge in [-0.1, -0.05) is 30.3 Å². The van der Waals surface area contributed by atoms with Gasteiger partial charge in [0.25, 0.3) is 0 Å². The molecule has 0 bridgehead atoms. The number of ether oxygens (including phenoxy) is 1. The predicted molar refractivity (Wildman–Crippen MR) is 56.5 cm³/mol. The first kappa shape index (κ1) is 11.7. The Bertz CT molecular complexity index is 390.